The molecule has 2 aromatic carbocycles. The molecule has 0 bridgehead atoms. The Labute approximate surface area is 156 Å². The van der Waals surface area contributed by atoms with Crippen LogP contribution in [-0.2, 0) is 4.74 Å². The zero-order chi connectivity index (χ0) is 19.6. The highest BCUT2D eigenvalue weighted by atomic mass is 19.3. The van der Waals surface area contributed by atoms with Crippen LogP contribution in [0.2, 0.25) is 0 Å². The number of hydrogen-bond donors (Lipinski definition) is 0. The molecule has 0 unspecified atom stereocenters. The van der Waals surface area contributed by atoms with Gasteiger partial charge in [0, 0.05) is 29.7 Å². The van der Waals surface area contributed by atoms with Gasteiger partial charge >= 0.3 is 6.61 Å². The molecule has 0 heterocycles. The Balaban J connectivity index is 2.08. The summed E-state index contributed by atoms with van der Waals surface area (Å²) in [6.07, 6.45) is 0.567. The Morgan fingerprint density at radius 3 is 2.41 bits per heavy atom. The molecule has 4 nitrogen and oxygen atoms in total. The van der Waals surface area contributed by atoms with E-state index in [4.69, 9.17) is 4.74 Å². The van der Waals surface area contributed by atoms with Crippen molar-refractivity contribution in [1.82, 2.24) is 0 Å². The van der Waals surface area contributed by atoms with Crippen molar-refractivity contribution in [2.45, 2.75) is 20.0 Å². The first-order valence-corrected chi connectivity index (χ1v) is 8.32. The van der Waals surface area contributed by atoms with Crippen LogP contribution in [-0.4, -0.2) is 31.4 Å². The average Bonchev–Trinajstić information content (AvgIpc) is 2.67. The Kier molecular flexibility index (Phi) is 7.65. The Morgan fingerprint density at radius 1 is 1.04 bits per heavy atom. The van der Waals surface area contributed by atoms with E-state index in [-0.39, 0.29) is 16.9 Å². The van der Waals surface area contributed by atoms with Crippen LogP contribution < -0.4 is 4.74 Å². The lowest BCUT2D eigenvalue weighted by molar-refractivity contribution is -0.0498. The predicted octanol–water partition coefficient (Wildman–Crippen LogP) is 4.13. The molecule has 27 heavy (non-hydrogen) atoms. The molecule has 0 atom stereocenters. The van der Waals surface area contributed by atoms with Crippen molar-refractivity contribution in [2.24, 2.45) is 0 Å². The van der Waals surface area contributed by atoms with Crippen molar-refractivity contribution in [1.29, 1.82) is 0 Å². The minimum absolute atomic E-state index is 0.0849. The molecule has 0 aliphatic carbocycles. The first-order valence-electron chi connectivity index (χ1n) is 8.32. The number of carbonyl (C=O) groups is 2. The van der Waals surface area contributed by atoms with Crippen molar-refractivity contribution >= 4 is 11.6 Å². The standard InChI is InChI=1S/C21H18F2O4/c1-2-26-13-4-3-6-15-7-5-8-17(14-15)20(25)19(24)16-9-11-18(12-10-16)27-21(22)23/h5,7-12,14,21H,2,4,13H2,1H3. The summed E-state index contributed by atoms with van der Waals surface area (Å²) in [6, 6.07) is 11.4. The van der Waals surface area contributed by atoms with Crippen LogP contribution in [0.25, 0.3) is 0 Å². The average molecular weight is 372 g/mol. The maximum atomic E-state index is 12.4. The summed E-state index contributed by atoms with van der Waals surface area (Å²) in [5.74, 6) is 4.34. The van der Waals surface area contributed by atoms with Crippen molar-refractivity contribution < 1.29 is 27.8 Å². The molecule has 140 valence electrons. The third kappa shape index (κ3) is 6.32. The molecule has 0 fully saturated rings. The van der Waals surface area contributed by atoms with Gasteiger partial charge in [-0.05, 0) is 43.3 Å². The van der Waals surface area contributed by atoms with Crippen LogP contribution in [0.4, 0.5) is 8.78 Å². The maximum Gasteiger partial charge on any atom is 0.387 e. The van der Waals surface area contributed by atoms with E-state index >= 15 is 0 Å². The second-order valence-electron chi connectivity index (χ2n) is 5.39. The van der Waals surface area contributed by atoms with E-state index in [0.29, 0.717) is 25.2 Å². The molecule has 2 aromatic rings. The molecule has 0 saturated heterocycles. The van der Waals surface area contributed by atoms with E-state index < -0.39 is 18.2 Å². The third-order valence-electron chi connectivity index (χ3n) is 3.48. The van der Waals surface area contributed by atoms with Crippen molar-refractivity contribution in [2.75, 3.05) is 13.2 Å². The number of alkyl halides is 2. The number of hydrogen-bond acceptors (Lipinski definition) is 4. The summed E-state index contributed by atoms with van der Waals surface area (Å²) >= 11 is 0. The maximum absolute atomic E-state index is 12.4. The highest BCUT2D eigenvalue weighted by molar-refractivity contribution is 6.49. The number of benzene rings is 2. The third-order valence-corrected chi connectivity index (χ3v) is 3.48. The summed E-state index contributed by atoms with van der Waals surface area (Å²) in [5.41, 5.74) is 0.921. The molecule has 0 aliphatic heterocycles. The van der Waals surface area contributed by atoms with Gasteiger partial charge in [-0.15, -0.1) is 0 Å². The Hall–Kier alpha value is -3.04. The molecule has 0 radical (unpaired) electrons. The number of halogens is 2. The molecule has 0 aromatic heterocycles. The van der Waals surface area contributed by atoms with Crippen molar-refractivity contribution in [3.05, 3.63) is 65.2 Å². The summed E-state index contributed by atoms with van der Waals surface area (Å²) in [6.45, 7) is 0.110. The van der Waals surface area contributed by atoms with E-state index in [2.05, 4.69) is 16.6 Å². The van der Waals surface area contributed by atoms with Gasteiger partial charge in [0.05, 0.1) is 6.61 Å². The lowest BCUT2D eigenvalue weighted by Gasteiger charge is -2.05. The minimum Gasteiger partial charge on any atom is -0.435 e. The molecule has 0 N–H and O–H groups in total. The van der Waals surface area contributed by atoms with Crippen LogP contribution >= 0.6 is 0 Å². The van der Waals surface area contributed by atoms with Crippen LogP contribution in [0.3, 0.4) is 0 Å². The molecular weight excluding hydrogens is 354 g/mol. The molecule has 2 rings (SSSR count). The summed E-state index contributed by atoms with van der Waals surface area (Å²) in [4.78, 5) is 24.7. The number of carbonyl (C=O) groups excluding carboxylic acids is 2. The van der Waals surface area contributed by atoms with Gasteiger partial charge in [-0.1, -0.05) is 24.0 Å². The summed E-state index contributed by atoms with van der Waals surface area (Å²) < 4.78 is 33.7. The highest BCUT2D eigenvalue weighted by Gasteiger charge is 2.18. The number of ether oxygens (including phenoxy) is 2. The number of ketones is 2. The zero-order valence-corrected chi connectivity index (χ0v) is 14.7. The largest absolute Gasteiger partial charge is 0.435 e. The SMILES string of the molecule is CCOCCC#Cc1cccc(C(=O)C(=O)c2ccc(OC(F)F)cc2)c1. The van der Waals surface area contributed by atoms with Gasteiger partial charge in [-0.2, -0.15) is 8.78 Å². The molecule has 0 spiro atoms. The van der Waals surface area contributed by atoms with Gasteiger partial charge < -0.3 is 9.47 Å². The molecule has 6 heteroatoms. The predicted molar refractivity (Wildman–Crippen MR) is 96.2 cm³/mol. The first-order chi connectivity index (χ1) is 13.0. The van der Waals surface area contributed by atoms with E-state index in [9.17, 15) is 18.4 Å². The first kappa shape index (κ1) is 20.3. The van der Waals surface area contributed by atoms with E-state index in [1.807, 2.05) is 6.92 Å². The van der Waals surface area contributed by atoms with Crippen LogP contribution in [0.15, 0.2) is 48.5 Å². The zero-order valence-electron chi connectivity index (χ0n) is 14.7. The van der Waals surface area contributed by atoms with Gasteiger partial charge in [0.2, 0.25) is 11.6 Å². The van der Waals surface area contributed by atoms with Gasteiger partial charge in [-0.3, -0.25) is 9.59 Å². The number of rotatable bonds is 8. The van der Waals surface area contributed by atoms with Crippen molar-refractivity contribution in [3.63, 3.8) is 0 Å². The lowest BCUT2D eigenvalue weighted by Crippen LogP contribution is -2.14. The van der Waals surface area contributed by atoms with E-state index in [1.165, 1.54) is 30.3 Å². The fourth-order valence-corrected chi connectivity index (χ4v) is 2.22. The Morgan fingerprint density at radius 2 is 1.74 bits per heavy atom. The minimum atomic E-state index is -2.95. The lowest BCUT2D eigenvalue weighted by atomic mass is 10.00. The second kappa shape index (κ2) is 10.2. The Bertz CT molecular complexity index is 848. The quantitative estimate of drug-likeness (QED) is 0.303. The highest BCUT2D eigenvalue weighted by Crippen LogP contribution is 2.17. The van der Waals surface area contributed by atoms with Crippen LogP contribution in [0.1, 0.15) is 39.6 Å². The smallest absolute Gasteiger partial charge is 0.387 e. The molecule has 0 saturated carbocycles. The van der Waals surface area contributed by atoms with Gasteiger partial charge in [0.1, 0.15) is 5.75 Å². The topological polar surface area (TPSA) is 52.6 Å². The molecule has 0 amide bonds. The summed E-state index contributed by atoms with van der Waals surface area (Å²) in [7, 11) is 0. The van der Waals surface area contributed by atoms with E-state index in [0.717, 1.165) is 0 Å². The van der Waals surface area contributed by atoms with Gasteiger partial charge in [0.25, 0.3) is 0 Å². The van der Waals surface area contributed by atoms with Crippen LogP contribution in [0, 0.1) is 11.8 Å². The van der Waals surface area contributed by atoms with Crippen LogP contribution in [0.5, 0.6) is 5.75 Å². The van der Waals surface area contributed by atoms with E-state index in [1.54, 1.807) is 18.2 Å². The second-order valence-corrected chi connectivity index (χ2v) is 5.39. The van der Waals surface area contributed by atoms with Crippen molar-refractivity contribution in [3.8, 4) is 17.6 Å². The number of Topliss-reactive ketones (excluding diaryl/α,β-unsaturated/α-hetero) is 2. The van der Waals surface area contributed by atoms with Gasteiger partial charge in [-0.25, -0.2) is 0 Å². The molecule has 0 aliphatic rings. The summed E-state index contributed by atoms with van der Waals surface area (Å²) in [5, 5.41) is 0. The monoisotopic (exact) mass is 372 g/mol. The van der Waals surface area contributed by atoms with Gasteiger partial charge in [0.15, 0.2) is 0 Å². The molecular formula is C21H18F2O4. The normalized spacial score (nSPS) is 10.2. The fourth-order valence-electron chi connectivity index (χ4n) is 2.22. The fraction of sp³-hybridized carbons (Fsp3) is 0.238.